The summed E-state index contributed by atoms with van der Waals surface area (Å²) in [5, 5.41) is 0. The van der Waals surface area contributed by atoms with E-state index in [1.54, 1.807) is 11.8 Å². The molecule has 1 unspecified atom stereocenters. The molecule has 2 heterocycles. The third kappa shape index (κ3) is 1.00. The smallest absolute Gasteiger partial charge is 0.177 e. The highest BCUT2D eigenvalue weighted by Crippen LogP contribution is 2.44. The number of hydrogen-bond acceptors (Lipinski definition) is 3. The Balaban J connectivity index is 2.12. The molecule has 13 heavy (non-hydrogen) atoms. The van der Waals surface area contributed by atoms with Gasteiger partial charge >= 0.3 is 0 Å². The van der Waals surface area contributed by atoms with E-state index in [4.69, 9.17) is 0 Å². The van der Waals surface area contributed by atoms with E-state index >= 15 is 0 Å². The van der Waals surface area contributed by atoms with Crippen LogP contribution in [0, 0.1) is 0 Å². The predicted octanol–water partition coefficient (Wildman–Crippen LogP) is 2.48. The van der Waals surface area contributed by atoms with Gasteiger partial charge in [0.25, 0.3) is 0 Å². The Kier molecular flexibility index (Phi) is 1.46. The van der Waals surface area contributed by atoms with Gasteiger partial charge in [-0.3, -0.25) is 4.99 Å². The number of allylic oxidation sites excluding steroid dienone is 1. The fraction of sp³-hybridized carbons (Fsp3) is 0.100. The average molecular weight is 188 g/mol. The standard InChI is InChI=1S/C10H8N2S/c1-2-5-9-8(4-1)12-7-3-6-11-10(12)13-9/h1-7,10H. The van der Waals surface area contributed by atoms with Gasteiger partial charge in [-0.15, -0.1) is 0 Å². The highest BCUT2D eigenvalue weighted by atomic mass is 32.2. The zero-order chi connectivity index (χ0) is 8.67. The first-order chi connectivity index (χ1) is 6.45. The Morgan fingerprint density at radius 1 is 1.31 bits per heavy atom. The van der Waals surface area contributed by atoms with Gasteiger partial charge in [0.05, 0.1) is 5.69 Å². The maximum atomic E-state index is 4.38. The molecule has 1 aromatic carbocycles. The Labute approximate surface area is 81.0 Å². The first-order valence-electron chi connectivity index (χ1n) is 4.19. The summed E-state index contributed by atoms with van der Waals surface area (Å²) < 4.78 is 0. The van der Waals surface area contributed by atoms with E-state index in [2.05, 4.69) is 40.4 Å². The predicted molar refractivity (Wildman–Crippen MR) is 56.2 cm³/mol. The van der Waals surface area contributed by atoms with Gasteiger partial charge in [0.15, 0.2) is 5.50 Å². The van der Waals surface area contributed by atoms with Gasteiger partial charge in [-0.05, 0) is 18.2 Å². The monoisotopic (exact) mass is 188 g/mol. The lowest BCUT2D eigenvalue weighted by atomic mass is 10.3. The summed E-state index contributed by atoms with van der Waals surface area (Å²) in [6, 6.07) is 8.40. The Hall–Kier alpha value is -1.22. The SMILES string of the molecule is C1=CN2c3ccccc3SC2N=C1. The topological polar surface area (TPSA) is 15.6 Å². The van der Waals surface area contributed by atoms with Crippen molar-refractivity contribution in [2.75, 3.05) is 4.90 Å². The summed E-state index contributed by atoms with van der Waals surface area (Å²) in [5.74, 6) is 0. The molecule has 0 saturated heterocycles. The largest absolute Gasteiger partial charge is 0.315 e. The Morgan fingerprint density at radius 3 is 3.23 bits per heavy atom. The fourth-order valence-electron chi connectivity index (χ4n) is 1.57. The van der Waals surface area contributed by atoms with Crippen LogP contribution in [0.25, 0.3) is 0 Å². The number of rotatable bonds is 0. The van der Waals surface area contributed by atoms with Crippen molar-refractivity contribution in [2.45, 2.75) is 10.4 Å². The van der Waals surface area contributed by atoms with Crippen molar-refractivity contribution in [3.05, 3.63) is 36.5 Å². The molecule has 2 aliphatic rings. The molecule has 2 nitrogen and oxygen atoms in total. The lowest BCUT2D eigenvalue weighted by Gasteiger charge is -2.20. The van der Waals surface area contributed by atoms with Crippen molar-refractivity contribution in [1.82, 2.24) is 0 Å². The minimum absolute atomic E-state index is 0.224. The second kappa shape index (κ2) is 2.64. The number of aliphatic imine (C=N–C) groups is 1. The maximum absolute atomic E-state index is 4.38. The van der Waals surface area contributed by atoms with Gasteiger partial charge in [-0.2, -0.15) is 0 Å². The van der Waals surface area contributed by atoms with E-state index in [0.29, 0.717) is 0 Å². The quantitative estimate of drug-likeness (QED) is 0.621. The van der Waals surface area contributed by atoms with Gasteiger partial charge in [0.1, 0.15) is 0 Å². The minimum Gasteiger partial charge on any atom is -0.315 e. The summed E-state index contributed by atoms with van der Waals surface area (Å²) >= 11 is 1.80. The molecule has 0 aliphatic carbocycles. The van der Waals surface area contributed by atoms with E-state index in [1.165, 1.54) is 10.6 Å². The molecule has 0 bridgehead atoms. The molecule has 3 heteroatoms. The van der Waals surface area contributed by atoms with Crippen LogP contribution in [0.1, 0.15) is 0 Å². The molecule has 0 amide bonds. The molecule has 1 aromatic rings. The molecule has 3 rings (SSSR count). The van der Waals surface area contributed by atoms with Gasteiger partial charge in [0.2, 0.25) is 0 Å². The van der Waals surface area contributed by atoms with Crippen LogP contribution in [-0.4, -0.2) is 11.7 Å². The summed E-state index contributed by atoms with van der Waals surface area (Å²) in [7, 11) is 0. The first kappa shape index (κ1) is 7.21. The van der Waals surface area contributed by atoms with Crippen LogP contribution in [0.4, 0.5) is 5.69 Å². The third-order valence-corrected chi connectivity index (χ3v) is 3.32. The molecule has 0 spiro atoms. The van der Waals surface area contributed by atoms with Crippen molar-refractivity contribution >= 4 is 23.7 Å². The zero-order valence-corrected chi connectivity index (χ0v) is 7.74. The van der Waals surface area contributed by atoms with Gasteiger partial charge in [0, 0.05) is 17.3 Å². The highest BCUT2D eigenvalue weighted by Gasteiger charge is 2.28. The Bertz CT molecular complexity index is 398. The van der Waals surface area contributed by atoms with Crippen LogP contribution in [0.2, 0.25) is 0 Å². The van der Waals surface area contributed by atoms with Gasteiger partial charge in [-0.1, -0.05) is 23.9 Å². The van der Waals surface area contributed by atoms with Gasteiger partial charge in [-0.25, -0.2) is 0 Å². The number of hydrogen-bond donors (Lipinski definition) is 0. The number of thioether (sulfide) groups is 1. The van der Waals surface area contributed by atoms with E-state index in [0.717, 1.165) is 0 Å². The van der Waals surface area contributed by atoms with Crippen molar-refractivity contribution in [3.8, 4) is 0 Å². The van der Waals surface area contributed by atoms with Gasteiger partial charge < -0.3 is 4.90 Å². The number of nitrogens with zero attached hydrogens (tertiary/aromatic N) is 2. The maximum Gasteiger partial charge on any atom is 0.177 e. The van der Waals surface area contributed by atoms with Crippen molar-refractivity contribution < 1.29 is 0 Å². The molecule has 64 valence electrons. The van der Waals surface area contributed by atoms with Crippen LogP contribution >= 0.6 is 11.8 Å². The third-order valence-electron chi connectivity index (χ3n) is 2.16. The number of benzene rings is 1. The summed E-state index contributed by atoms with van der Waals surface area (Å²) in [6.45, 7) is 0. The van der Waals surface area contributed by atoms with Crippen LogP contribution in [0.5, 0.6) is 0 Å². The lowest BCUT2D eigenvalue weighted by Crippen LogP contribution is -2.23. The van der Waals surface area contributed by atoms with Crippen molar-refractivity contribution in [2.24, 2.45) is 4.99 Å². The average Bonchev–Trinajstić information content (AvgIpc) is 2.56. The number of para-hydroxylation sites is 1. The van der Waals surface area contributed by atoms with E-state index in [-0.39, 0.29) is 5.50 Å². The van der Waals surface area contributed by atoms with Crippen LogP contribution in [-0.2, 0) is 0 Å². The minimum atomic E-state index is 0.224. The number of anilines is 1. The van der Waals surface area contributed by atoms with E-state index in [9.17, 15) is 0 Å². The lowest BCUT2D eigenvalue weighted by molar-refractivity contribution is 0.921. The Morgan fingerprint density at radius 2 is 2.23 bits per heavy atom. The normalized spacial score (nSPS) is 23.1. The number of fused-ring (bicyclic) bond motifs is 3. The van der Waals surface area contributed by atoms with Crippen LogP contribution in [0.3, 0.4) is 0 Å². The van der Waals surface area contributed by atoms with E-state index < -0.39 is 0 Å². The summed E-state index contributed by atoms with van der Waals surface area (Å²) in [4.78, 5) is 7.89. The molecule has 0 saturated carbocycles. The highest BCUT2D eigenvalue weighted by molar-refractivity contribution is 8.00. The molecular formula is C10H8N2S. The molecule has 0 aromatic heterocycles. The molecule has 0 fully saturated rings. The molecule has 2 aliphatic heterocycles. The van der Waals surface area contributed by atoms with E-state index in [1.807, 2.05) is 12.3 Å². The van der Waals surface area contributed by atoms with Crippen molar-refractivity contribution in [3.63, 3.8) is 0 Å². The fourth-order valence-corrected chi connectivity index (χ4v) is 2.68. The molecule has 0 N–H and O–H groups in total. The molecular weight excluding hydrogens is 180 g/mol. The van der Waals surface area contributed by atoms with Crippen LogP contribution < -0.4 is 4.90 Å². The first-order valence-corrected chi connectivity index (χ1v) is 5.07. The summed E-state index contributed by atoms with van der Waals surface area (Å²) in [6.07, 6.45) is 5.91. The van der Waals surface area contributed by atoms with Crippen LogP contribution in [0.15, 0.2) is 46.4 Å². The second-order valence-corrected chi connectivity index (χ2v) is 4.06. The van der Waals surface area contributed by atoms with Crippen molar-refractivity contribution in [1.29, 1.82) is 0 Å². The second-order valence-electron chi connectivity index (χ2n) is 2.96. The zero-order valence-electron chi connectivity index (χ0n) is 6.92. The molecule has 0 radical (unpaired) electrons. The molecule has 1 atom stereocenters. The summed E-state index contributed by atoms with van der Waals surface area (Å²) in [5.41, 5.74) is 1.49.